The molecular formula is C22H13FN2O2S. The lowest BCUT2D eigenvalue weighted by atomic mass is 9.89. The fourth-order valence-corrected chi connectivity index (χ4v) is 4.26. The highest BCUT2D eigenvalue weighted by Crippen LogP contribution is 2.45. The standard InChI is InChI=1S/C22H13FN2O2S/c23-16-12-13(21(26)27)6-7-15(16)19-24-17-8-9-18(25-20(17)28-19)22(10-11-22)14-4-2-1-3-5-14/h1-12H,(H,26,27). The zero-order valence-electron chi connectivity index (χ0n) is 14.5. The summed E-state index contributed by atoms with van der Waals surface area (Å²) >= 11 is 1.29. The highest BCUT2D eigenvalue weighted by molar-refractivity contribution is 7.21. The van der Waals surface area contributed by atoms with Gasteiger partial charge in [0.2, 0.25) is 0 Å². The Kier molecular flexibility index (Phi) is 3.64. The molecule has 4 nitrogen and oxygen atoms in total. The zero-order chi connectivity index (χ0) is 19.3. The number of carbonyl (C=O) groups is 1. The van der Waals surface area contributed by atoms with Crippen molar-refractivity contribution in [3.8, 4) is 10.6 Å². The lowest BCUT2D eigenvalue weighted by molar-refractivity contribution is 0.0696. The molecule has 28 heavy (non-hydrogen) atoms. The summed E-state index contributed by atoms with van der Waals surface area (Å²) in [6.07, 6.45) is 4.23. The molecule has 4 aromatic rings. The zero-order valence-corrected chi connectivity index (χ0v) is 15.3. The van der Waals surface area contributed by atoms with Crippen LogP contribution in [-0.2, 0) is 5.41 Å². The Morgan fingerprint density at radius 3 is 2.46 bits per heavy atom. The number of halogens is 1. The monoisotopic (exact) mass is 388 g/mol. The van der Waals surface area contributed by atoms with Crippen molar-refractivity contribution < 1.29 is 14.3 Å². The van der Waals surface area contributed by atoms with Gasteiger partial charge in [0, 0.05) is 5.56 Å². The van der Waals surface area contributed by atoms with Gasteiger partial charge in [-0.15, -0.1) is 0 Å². The molecule has 136 valence electrons. The maximum Gasteiger partial charge on any atom is 0.335 e. The van der Waals surface area contributed by atoms with Gasteiger partial charge in [-0.1, -0.05) is 53.8 Å². The van der Waals surface area contributed by atoms with Crippen LogP contribution in [0.15, 0.2) is 72.8 Å². The normalized spacial score (nSPS) is 14.3. The average molecular weight is 388 g/mol. The second kappa shape index (κ2) is 6.07. The van der Waals surface area contributed by atoms with Gasteiger partial charge < -0.3 is 5.11 Å². The number of rotatable bonds is 4. The highest BCUT2D eigenvalue weighted by Gasteiger charge is 2.39. The number of hydrogen-bond donors (Lipinski definition) is 1. The van der Waals surface area contributed by atoms with Gasteiger partial charge in [-0.3, -0.25) is 0 Å². The molecule has 0 bridgehead atoms. The SMILES string of the molecule is O=C(O)c1ccc(-c2nc3ccc(C4(c5ccccc5)C=C4)nc3s2)c(F)c1. The molecule has 1 N–H and O–H groups in total. The van der Waals surface area contributed by atoms with Crippen LogP contribution in [-0.4, -0.2) is 21.0 Å². The second-order valence-electron chi connectivity index (χ2n) is 6.61. The molecule has 0 saturated heterocycles. The summed E-state index contributed by atoms with van der Waals surface area (Å²) in [7, 11) is 0. The molecule has 5 rings (SSSR count). The summed E-state index contributed by atoms with van der Waals surface area (Å²) in [5.74, 6) is -1.77. The third-order valence-corrected chi connectivity index (χ3v) is 5.88. The molecule has 0 amide bonds. The lowest BCUT2D eigenvalue weighted by Crippen LogP contribution is -2.12. The molecule has 0 unspecified atom stereocenters. The van der Waals surface area contributed by atoms with E-state index < -0.39 is 11.8 Å². The predicted molar refractivity (Wildman–Crippen MR) is 106 cm³/mol. The van der Waals surface area contributed by atoms with Gasteiger partial charge in [0.1, 0.15) is 21.2 Å². The first-order valence-electron chi connectivity index (χ1n) is 8.64. The number of carboxylic acids is 1. The van der Waals surface area contributed by atoms with Crippen LogP contribution in [0.25, 0.3) is 20.9 Å². The maximum atomic E-state index is 14.4. The van der Waals surface area contributed by atoms with Gasteiger partial charge >= 0.3 is 5.97 Å². The number of thiazole rings is 1. The van der Waals surface area contributed by atoms with Crippen molar-refractivity contribution in [3.05, 3.63) is 95.5 Å². The lowest BCUT2D eigenvalue weighted by Gasteiger charge is -2.15. The van der Waals surface area contributed by atoms with Crippen LogP contribution in [0.1, 0.15) is 21.6 Å². The van der Waals surface area contributed by atoms with Crippen LogP contribution in [0.5, 0.6) is 0 Å². The van der Waals surface area contributed by atoms with Gasteiger partial charge in [0.05, 0.1) is 16.7 Å². The second-order valence-corrected chi connectivity index (χ2v) is 7.59. The first-order chi connectivity index (χ1) is 13.6. The topological polar surface area (TPSA) is 63.1 Å². The Morgan fingerprint density at radius 1 is 1.00 bits per heavy atom. The van der Waals surface area contributed by atoms with E-state index in [-0.39, 0.29) is 16.5 Å². The molecule has 1 aliphatic carbocycles. The molecule has 0 radical (unpaired) electrons. The number of carboxylic acid groups (broad SMARTS) is 1. The van der Waals surface area contributed by atoms with Gasteiger partial charge in [-0.05, 0) is 35.9 Å². The van der Waals surface area contributed by atoms with Crippen molar-refractivity contribution in [1.82, 2.24) is 9.97 Å². The van der Waals surface area contributed by atoms with Crippen LogP contribution < -0.4 is 0 Å². The summed E-state index contributed by atoms with van der Waals surface area (Å²) in [5, 5.41) is 9.47. The minimum atomic E-state index is -1.16. The molecular weight excluding hydrogens is 375 g/mol. The van der Waals surface area contributed by atoms with Gasteiger partial charge in [0.15, 0.2) is 0 Å². The molecule has 6 heteroatoms. The highest BCUT2D eigenvalue weighted by atomic mass is 32.1. The van der Waals surface area contributed by atoms with Crippen LogP contribution in [0.2, 0.25) is 0 Å². The van der Waals surface area contributed by atoms with Gasteiger partial charge in [0.25, 0.3) is 0 Å². The largest absolute Gasteiger partial charge is 0.478 e. The Labute approximate surface area is 163 Å². The molecule has 2 aromatic heterocycles. The smallest absolute Gasteiger partial charge is 0.335 e. The van der Waals surface area contributed by atoms with E-state index in [9.17, 15) is 9.18 Å². The molecule has 0 atom stereocenters. The maximum absolute atomic E-state index is 14.4. The Bertz CT molecular complexity index is 1260. The van der Waals surface area contributed by atoms with Gasteiger partial charge in [-0.25, -0.2) is 19.2 Å². The Balaban J connectivity index is 1.56. The molecule has 0 spiro atoms. The summed E-state index contributed by atoms with van der Waals surface area (Å²) < 4.78 is 14.4. The van der Waals surface area contributed by atoms with Crippen molar-refractivity contribution >= 4 is 27.7 Å². The van der Waals surface area contributed by atoms with Crippen LogP contribution >= 0.6 is 11.3 Å². The van der Waals surface area contributed by atoms with Crippen molar-refractivity contribution in [3.63, 3.8) is 0 Å². The quantitative estimate of drug-likeness (QED) is 0.497. The van der Waals surface area contributed by atoms with E-state index in [1.807, 2.05) is 30.3 Å². The number of fused-ring (bicyclic) bond motifs is 1. The van der Waals surface area contributed by atoms with E-state index in [1.165, 1.54) is 23.5 Å². The third-order valence-electron chi connectivity index (χ3n) is 4.88. The number of allylic oxidation sites excluding steroid dienone is 2. The number of benzene rings is 2. The minimum Gasteiger partial charge on any atom is -0.478 e. The molecule has 0 fully saturated rings. The molecule has 1 aliphatic rings. The van der Waals surface area contributed by atoms with Crippen molar-refractivity contribution in [2.24, 2.45) is 0 Å². The molecule has 0 saturated carbocycles. The molecule has 2 heterocycles. The first kappa shape index (κ1) is 16.8. The van der Waals surface area contributed by atoms with Crippen molar-refractivity contribution in [2.75, 3.05) is 0 Å². The fraction of sp³-hybridized carbons (Fsp3) is 0.0455. The molecule has 2 aromatic carbocycles. The van der Waals surface area contributed by atoms with E-state index in [0.29, 0.717) is 10.5 Å². The minimum absolute atomic E-state index is 0.0904. The fourth-order valence-electron chi connectivity index (χ4n) is 3.29. The number of aromatic nitrogens is 2. The van der Waals surface area contributed by atoms with Crippen LogP contribution in [0, 0.1) is 5.82 Å². The summed E-state index contributed by atoms with van der Waals surface area (Å²) in [4.78, 5) is 21.0. The molecule has 0 aliphatic heterocycles. The number of aromatic carboxylic acids is 1. The van der Waals surface area contributed by atoms with E-state index in [4.69, 9.17) is 10.1 Å². The van der Waals surface area contributed by atoms with E-state index in [2.05, 4.69) is 29.3 Å². The number of nitrogens with zero attached hydrogens (tertiary/aromatic N) is 2. The van der Waals surface area contributed by atoms with Crippen molar-refractivity contribution in [2.45, 2.75) is 5.41 Å². The van der Waals surface area contributed by atoms with Crippen LogP contribution in [0.3, 0.4) is 0 Å². The first-order valence-corrected chi connectivity index (χ1v) is 9.46. The Morgan fingerprint density at radius 2 is 1.79 bits per heavy atom. The Hall–Kier alpha value is -3.38. The van der Waals surface area contributed by atoms with Crippen molar-refractivity contribution in [1.29, 1.82) is 0 Å². The van der Waals surface area contributed by atoms with E-state index in [0.717, 1.165) is 22.2 Å². The van der Waals surface area contributed by atoms with E-state index in [1.54, 1.807) is 0 Å². The van der Waals surface area contributed by atoms with E-state index >= 15 is 0 Å². The summed E-state index contributed by atoms with van der Waals surface area (Å²) in [5.41, 5.74) is 2.65. The van der Waals surface area contributed by atoms with Gasteiger partial charge in [-0.2, -0.15) is 0 Å². The summed E-state index contributed by atoms with van der Waals surface area (Å²) in [6.45, 7) is 0. The summed E-state index contributed by atoms with van der Waals surface area (Å²) in [6, 6.07) is 17.8. The number of hydrogen-bond acceptors (Lipinski definition) is 4. The van der Waals surface area contributed by atoms with Crippen LogP contribution in [0.4, 0.5) is 4.39 Å². The third kappa shape index (κ3) is 2.61. The predicted octanol–water partition coefficient (Wildman–Crippen LogP) is 5.05. The number of pyridine rings is 1. The average Bonchev–Trinajstić information content (AvgIpc) is 3.41.